The molecule has 1 aromatic carbocycles. The first kappa shape index (κ1) is 19.4. The second kappa shape index (κ2) is 7.69. The summed E-state index contributed by atoms with van der Waals surface area (Å²) in [7, 11) is 0. The second-order valence-electron chi connectivity index (χ2n) is 6.48. The molecule has 0 aliphatic heterocycles. The minimum absolute atomic E-state index is 0.191. The van der Waals surface area contributed by atoms with E-state index in [9.17, 15) is 28.2 Å². The zero-order valence-corrected chi connectivity index (χ0v) is 14.5. The molecule has 1 aliphatic carbocycles. The molecule has 3 rings (SSSR count). The number of benzene rings is 1. The van der Waals surface area contributed by atoms with Crippen LogP contribution in [0.5, 0.6) is 0 Å². The maximum atomic E-state index is 13.2. The van der Waals surface area contributed by atoms with Crippen molar-refractivity contribution in [2.45, 2.75) is 51.6 Å². The van der Waals surface area contributed by atoms with Crippen molar-refractivity contribution in [2.24, 2.45) is 0 Å². The van der Waals surface area contributed by atoms with Gasteiger partial charge in [-0.1, -0.05) is 6.07 Å². The molecule has 0 saturated heterocycles. The Labute approximate surface area is 153 Å². The van der Waals surface area contributed by atoms with E-state index >= 15 is 0 Å². The Hall–Kier alpha value is -2.39. The van der Waals surface area contributed by atoms with E-state index in [4.69, 9.17) is 0 Å². The number of aliphatic hydroxyl groups is 2. The Morgan fingerprint density at radius 2 is 1.85 bits per heavy atom. The third-order valence-electron chi connectivity index (χ3n) is 4.65. The van der Waals surface area contributed by atoms with E-state index in [0.717, 1.165) is 11.1 Å². The molecule has 0 unspecified atom stereocenters. The molecule has 1 aromatic heterocycles. The summed E-state index contributed by atoms with van der Waals surface area (Å²) in [4.78, 5) is 12.3. The van der Waals surface area contributed by atoms with Gasteiger partial charge in [-0.15, -0.1) is 0 Å². The Morgan fingerprint density at radius 3 is 2.52 bits per heavy atom. The van der Waals surface area contributed by atoms with Gasteiger partial charge in [0.15, 0.2) is 5.69 Å². The van der Waals surface area contributed by atoms with E-state index in [0.29, 0.717) is 41.8 Å². The summed E-state index contributed by atoms with van der Waals surface area (Å²) < 4.78 is 40.8. The first-order valence-electron chi connectivity index (χ1n) is 8.62. The maximum absolute atomic E-state index is 13.2. The summed E-state index contributed by atoms with van der Waals surface area (Å²) in [5, 5.41) is 24.8. The molecule has 0 atom stereocenters. The van der Waals surface area contributed by atoms with Gasteiger partial charge in [-0.3, -0.25) is 9.48 Å². The van der Waals surface area contributed by atoms with E-state index in [1.54, 1.807) is 12.1 Å². The molecule has 0 saturated carbocycles. The number of nitrogens with one attached hydrogen (secondary N) is 1. The largest absolute Gasteiger partial charge is 0.435 e. The van der Waals surface area contributed by atoms with Crippen molar-refractivity contribution in [2.75, 3.05) is 5.32 Å². The SMILES string of the molecule is O=C(Cn1nc(C(F)(F)F)c2c1CCCC2)Nc1ccc(CO)c(CO)c1. The van der Waals surface area contributed by atoms with Crippen molar-refractivity contribution in [1.82, 2.24) is 9.78 Å². The van der Waals surface area contributed by atoms with Gasteiger partial charge in [-0.05, 0) is 48.9 Å². The molecule has 1 aliphatic rings. The second-order valence-corrected chi connectivity index (χ2v) is 6.48. The van der Waals surface area contributed by atoms with Crippen molar-refractivity contribution in [3.05, 3.63) is 46.3 Å². The zero-order valence-electron chi connectivity index (χ0n) is 14.5. The van der Waals surface area contributed by atoms with Crippen LogP contribution in [0.25, 0.3) is 0 Å². The maximum Gasteiger partial charge on any atom is 0.435 e. The summed E-state index contributed by atoms with van der Waals surface area (Å²) in [6.45, 7) is -0.875. The van der Waals surface area contributed by atoms with Gasteiger partial charge in [-0.25, -0.2) is 0 Å². The van der Waals surface area contributed by atoms with Crippen molar-refractivity contribution >= 4 is 11.6 Å². The van der Waals surface area contributed by atoms with Crippen molar-refractivity contribution in [1.29, 1.82) is 0 Å². The van der Waals surface area contributed by atoms with Crippen LogP contribution in [0.3, 0.4) is 0 Å². The third-order valence-corrected chi connectivity index (χ3v) is 4.65. The van der Waals surface area contributed by atoms with Gasteiger partial charge in [0.05, 0.1) is 13.2 Å². The quantitative estimate of drug-likeness (QED) is 0.740. The highest BCUT2D eigenvalue weighted by molar-refractivity contribution is 5.90. The van der Waals surface area contributed by atoms with Crippen LogP contribution in [0.2, 0.25) is 0 Å². The fraction of sp³-hybridized carbons (Fsp3) is 0.444. The lowest BCUT2D eigenvalue weighted by Crippen LogP contribution is -2.22. The Balaban J connectivity index is 1.80. The summed E-state index contributed by atoms with van der Waals surface area (Å²) in [5.41, 5.74) is 1.14. The van der Waals surface area contributed by atoms with Gasteiger partial charge < -0.3 is 15.5 Å². The van der Waals surface area contributed by atoms with E-state index < -0.39 is 17.8 Å². The number of rotatable bonds is 5. The molecule has 0 spiro atoms. The van der Waals surface area contributed by atoms with Crippen LogP contribution in [0, 0.1) is 0 Å². The average molecular weight is 383 g/mol. The molecule has 0 bridgehead atoms. The molecule has 9 heteroatoms. The topological polar surface area (TPSA) is 87.4 Å². The lowest BCUT2D eigenvalue weighted by molar-refractivity contribution is -0.142. The van der Waals surface area contributed by atoms with Crippen LogP contribution in [-0.2, 0) is 43.6 Å². The van der Waals surface area contributed by atoms with E-state index in [-0.39, 0.29) is 25.3 Å². The van der Waals surface area contributed by atoms with Crippen molar-refractivity contribution in [3.8, 4) is 0 Å². The van der Waals surface area contributed by atoms with E-state index in [2.05, 4.69) is 10.4 Å². The molecule has 1 heterocycles. The predicted octanol–water partition coefficient (Wildman–Crippen LogP) is 2.40. The number of fused-ring (bicyclic) bond motifs is 1. The van der Waals surface area contributed by atoms with Gasteiger partial charge in [0, 0.05) is 16.9 Å². The Morgan fingerprint density at radius 1 is 1.15 bits per heavy atom. The summed E-state index contributed by atoms with van der Waals surface area (Å²) in [6, 6.07) is 4.64. The van der Waals surface area contributed by atoms with Gasteiger partial charge in [-0.2, -0.15) is 18.3 Å². The lowest BCUT2D eigenvalue weighted by Gasteiger charge is -2.15. The molecular formula is C18H20F3N3O3. The first-order chi connectivity index (χ1) is 12.8. The number of carbonyl (C=O) groups is 1. The molecule has 2 aromatic rings. The van der Waals surface area contributed by atoms with Gasteiger partial charge >= 0.3 is 6.18 Å². The van der Waals surface area contributed by atoms with Crippen LogP contribution in [-0.4, -0.2) is 25.9 Å². The molecule has 146 valence electrons. The van der Waals surface area contributed by atoms with Crippen LogP contribution in [0.15, 0.2) is 18.2 Å². The molecule has 27 heavy (non-hydrogen) atoms. The Kier molecular flexibility index (Phi) is 5.52. The summed E-state index contributed by atoms with van der Waals surface area (Å²) in [5.74, 6) is -0.514. The first-order valence-corrected chi connectivity index (χ1v) is 8.62. The molecule has 6 nitrogen and oxygen atoms in total. The minimum Gasteiger partial charge on any atom is -0.392 e. The molecule has 0 fully saturated rings. The van der Waals surface area contributed by atoms with Crippen LogP contribution in [0.1, 0.15) is 40.9 Å². The minimum atomic E-state index is -4.54. The number of nitrogens with zero attached hydrogens (tertiary/aromatic N) is 2. The lowest BCUT2D eigenvalue weighted by atomic mass is 9.95. The molecule has 3 N–H and O–H groups in total. The molecule has 0 radical (unpaired) electrons. The number of alkyl halides is 3. The highest BCUT2D eigenvalue weighted by Crippen LogP contribution is 2.35. The van der Waals surface area contributed by atoms with Gasteiger partial charge in [0.25, 0.3) is 0 Å². The summed E-state index contributed by atoms with van der Waals surface area (Å²) >= 11 is 0. The predicted molar refractivity (Wildman–Crippen MR) is 90.8 cm³/mol. The molecule has 1 amide bonds. The monoisotopic (exact) mass is 383 g/mol. The van der Waals surface area contributed by atoms with Crippen LogP contribution >= 0.6 is 0 Å². The number of hydrogen-bond donors (Lipinski definition) is 3. The van der Waals surface area contributed by atoms with Crippen LogP contribution in [0.4, 0.5) is 18.9 Å². The standard InChI is InChI=1S/C18H20F3N3O3/c19-18(20,21)17-14-3-1-2-4-15(14)24(23-17)8-16(27)22-13-6-5-11(9-25)12(7-13)10-26/h5-7,25-26H,1-4,8-10H2,(H,22,27). The fourth-order valence-corrected chi connectivity index (χ4v) is 3.37. The van der Waals surface area contributed by atoms with Crippen LogP contribution < -0.4 is 5.32 Å². The highest BCUT2D eigenvalue weighted by atomic mass is 19.4. The highest BCUT2D eigenvalue weighted by Gasteiger charge is 2.39. The fourth-order valence-electron chi connectivity index (χ4n) is 3.37. The van der Waals surface area contributed by atoms with Crippen molar-refractivity contribution in [3.63, 3.8) is 0 Å². The number of aromatic nitrogens is 2. The third kappa shape index (κ3) is 4.14. The summed E-state index contributed by atoms with van der Waals surface area (Å²) in [6.07, 6.45) is -2.33. The number of anilines is 1. The number of amides is 1. The number of aliphatic hydroxyl groups excluding tert-OH is 2. The average Bonchev–Trinajstić information content (AvgIpc) is 3.00. The van der Waals surface area contributed by atoms with Crippen molar-refractivity contribution < 1.29 is 28.2 Å². The van der Waals surface area contributed by atoms with E-state index in [1.807, 2.05) is 0 Å². The zero-order chi connectivity index (χ0) is 19.6. The number of hydrogen-bond acceptors (Lipinski definition) is 4. The normalized spacial score (nSPS) is 14.1. The van der Waals surface area contributed by atoms with E-state index in [1.165, 1.54) is 6.07 Å². The number of carbonyl (C=O) groups excluding carboxylic acids is 1. The molecular weight excluding hydrogens is 363 g/mol. The smallest absolute Gasteiger partial charge is 0.392 e. The number of halogens is 3. The van der Waals surface area contributed by atoms with Gasteiger partial charge in [0.1, 0.15) is 6.54 Å². The Bertz CT molecular complexity index is 846. The van der Waals surface area contributed by atoms with Gasteiger partial charge in [0.2, 0.25) is 5.91 Å².